The van der Waals surface area contributed by atoms with Crippen LogP contribution in [0.25, 0.3) is 0 Å². The highest BCUT2D eigenvalue weighted by atomic mass is 16.4. The molecule has 0 fully saturated rings. The molecular weight excluding hydrogens is 242 g/mol. The van der Waals surface area contributed by atoms with Gasteiger partial charge in [-0.2, -0.15) is 0 Å². The number of anilines is 1. The minimum absolute atomic E-state index is 0.326. The highest BCUT2D eigenvalue weighted by Crippen LogP contribution is 2.08. The number of carboxylic acid groups (broad SMARTS) is 1. The Kier molecular flexibility index (Phi) is 4.18. The van der Waals surface area contributed by atoms with E-state index in [-0.39, 0.29) is 0 Å². The molecule has 2 rings (SSSR count). The van der Waals surface area contributed by atoms with Gasteiger partial charge in [-0.05, 0) is 31.0 Å². The lowest BCUT2D eigenvalue weighted by Crippen LogP contribution is -2.10. The molecule has 100 valence electrons. The van der Waals surface area contributed by atoms with E-state index in [4.69, 9.17) is 5.11 Å². The van der Waals surface area contributed by atoms with Crippen LogP contribution in [-0.4, -0.2) is 27.2 Å². The number of nitrogens with one attached hydrogen (secondary N) is 1. The number of hydrogen-bond acceptors (Lipinski definition) is 3. The fourth-order valence-electron chi connectivity index (χ4n) is 1.91. The van der Waals surface area contributed by atoms with Crippen molar-refractivity contribution in [1.29, 1.82) is 0 Å². The topological polar surface area (TPSA) is 67.2 Å². The number of rotatable bonds is 6. The van der Waals surface area contributed by atoms with Crippen LogP contribution in [0.5, 0.6) is 0 Å². The Morgan fingerprint density at radius 3 is 3.05 bits per heavy atom. The van der Waals surface area contributed by atoms with E-state index in [1.165, 1.54) is 0 Å². The number of imidazole rings is 1. The molecule has 0 aliphatic carbocycles. The van der Waals surface area contributed by atoms with E-state index in [1.54, 1.807) is 24.4 Å². The monoisotopic (exact) mass is 259 g/mol. The molecule has 0 amide bonds. The molecule has 0 aliphatic heterocycles. The number of aryl methyl sites for hydroxylation is 1. The number of hydrogen-bond donors (Lipinski definition) is 2. The Morgan fingerprint density at radius 1 is 1.47 bits per heavy atom. The third-order valence-corrected chi connectivity index (χ3v) is 2.93. The normalized spacial score (nSPS) is 10.4. The second-order valence-corrected chi connectivity index (χ2v) is 4.22. The van der Waals surface area contributed by atoms with Crippen molar-refractivity contribution in [3.63, 3.8) is 0 Å². The van der Waals surface area contributed by atoms with E-state index in [1.807, 2.05) is 16.8 Å². The number of benzene rings is 1. The van der Waals surface area contributed by atoms with Crippen LogP contribution in [0.2, 0.25) is 0 Å². The molecule has 0 saturated carbocycles. The summed E-state index contributed by atoms with van der Waals surface area (Å²) in [5.74, 6) is -0.0479. The second-order valence-electron chi connectivity index (χ2n) is 4.22. The first-order valence-corrected chi connectivity index (χ1v) is 6.28. The lowest BCUT2D eigenvalue weighted by atomic mass is 10.1. The average molecular weight is 259 g/mol. The van der Waals surface area contributed by atoms with Crippen LogP contribution in [0.15, 0.2) is 36.7 Å². The molecule has 0 atom stereocenters. The summed E-state index contributed by atoms with van der Waals surface area (Å²) < 4.78 is 2.02. The zero-order valence-electron chi connectivity index (χ0n) is 10.8. The van der Waals surface area contributed by atoms with Gasteiger partial charge in [0.05, 0.1) is 5.56 Å². The third-order valence-electron chi connectivity index (χ3n) is 2.93. The number of nitrogens with zero attached hydrogens (tertiary/aromatic N) is 2. The Morgan fingerprint density at radius 2 is 2.32 bits per heavy atom. The third kappa shape index (κ3) is 3.34. The molecule has 2 N–H and O–H groups in total. The van der Waals surface area contributed by atoms with Gasteiger partial charge in [0.2, 0.25) is 5.95 Å². The van der Waals surface area contributed by atoms with Crippen LogP contribution in [0.3, 0.4) is 0 Å². The lowest BCUT2D eigenvalue weighted by Gasteiger charge is -2.08. The molecule has 0 spiro atoms. The first-order valence-electron chi connectivity index (χ1n) is 6.28. The smallest absolute Gasteiger partial charge is 0.335 e. The van der Waals surface area contributed by atoms with Crippen LogP contribution < -0.4 is 5.32 Å². The van der Waals surface area contributed by atoms with Crippen molar-refractivity contribution in [2.75, 3.05) is 11.9 Å². The summed E-state index contributed by atoms with van der Waals surface area (Å²) in [6.45, 7) is 3.65. The molecule has 0 aliphatic rings. The summed E-state index contributed by atoms with van der Waals surface area (Å²) in [5.41, 5.74) is 1.33. The fourth-order valence-corrected chi connectivity index (χ4v) is 1.91. The minimum Gasteiger partial charge on any atom is -0.478 e. The highest BCUT2D eigenvalue weighted by Gasteiger charge is 2.04. The fraction of sp³-hybridized carbons (Fsp3) is 0.286. The van der Waals surface area contributed by atoms with Gasteiger partial charge in [-0.1, -0.05) is 12.1 Å². The van der Waals surface area contributed by atoms with E-state index in [0.717, 1.165) is 31.0 Å². The quantitative estimate of drug-likeness (QED) is 0.835. The van der Waals surface area contributed by atoms with E-state index < -0.39 is 5.97 Å². The van der Waals surface area contributed by atoms with E-state index in [0.29, 0.717) is 5.56 Å². The van der Waals surface area contributed by atoms with Crippen molar-refractivity contribution in [2.24, 2.45) is 0 Å². The Labute approximate surface area is 111 Å². The lowest BCUT2D eigenvalue weighted by molar-refractivity contribution is 0.0697. The van der Waals surface area contributed by atoms with E-state index in [9.17, 15) is 4.79 Å². The summed E-state index contributed by atoms with van der Waals surface area (Å²) in [4.78, 5) is 15.1. The van der Waals surface area contributed by atoms with Gasteiger partial charge < -0.3 is 15.0 Å². The summed E-state index contributed by atoms with van der Waals surface area (Å²) in [7, 11) is 0. The molecule has 0 bridgehead atoms. The minimum atomic E-state index is -0.892. The van der Waals surface area contributed by atoms with Crippen LogP contribution in [0.1, 0.15) is 22.8 Å². The van der Waals surface area contributed by atoms with E-state index >= 15 is 0 Å². The van der Waals surface area contributed by atoms with Crippen molar-refractivity contribution in [3.8, 4) is 0 Å². The largest absolute Gasteiger partial charge is 0.478 e. The number of carboxylic acids is 1. The molecular formula is C14H17N3O2. The van der Waals surface area contributed by atoms with Gasteiger partial charge in [0.25, 0.3) is 0 Å². The molecule has 2 aromatic rings. The maximum Gasteiger partial charge on any atom is 0.335 e. The summed E-state index contributed by atoms with van der Waals surface area (Å²) in [6, 6.07) is 7.01. The highest BCUT2D eigenvalue weighted by molar-refractivity contribution is 5.87. The van der Waals surface area contributed by atoms with Crippen molar-refractivity contribution in [3.05, 3.63) is 47.8 Å². The van der Waals surface area contributed by atoms with Crippen LogP contribution in [0, 0.1) is 0 Å². The summed E-state index contributed by atoms with van der Waals surface area (Å²) in [6.07, 6.45) is 4.45. The van der Waals surface area contributed by atoms with Crippen molar-refractivity contribution >= 4 is 11.9 Å². The van der Waals surface area contributed by atoms with Gasteiger partial charge in [-0.3, -0.25) is 0 Å². The van der Waals surface area contributed by atoms with Gasteiger partial charge in [-0.15, -0.1) is 0 Å². The Balaban J connectivity index is 1.92. The zero-order chi connectivity index (χ0) is 13.7. The zero-order valence-corrected chi connectivity index (χ0v) is 10.8. The predicted octanol–water partition coefficient (Wildman–Crippen LogP) is 2.26. The van der Waals surface area contributed by atoms with Crippen molar-refractivity contribution < 1.29 is 9.90 Å². The van der Waals surface area contributed by atoms with Crippen LogP contribution in [-0.2, 0) is 13.0 Å². The maximum atomic E-state index is 10.9. The van der Waals surface area contributed by atoms with Gasteiger partial charge in [0.15, 0.2) is 0 Å². The SMILES string of the molecule is CCn1ccnc1NCCc1cccc(C(=O)O)c1. The molecule has 1 heterocycles. The average Bonchev–Trinajstić information content (AvgIpc) is 2.86. The summed E-state index contributed by atoms with van der Waals surface area (Å²) >= 11 is 0. The molecule has 19 heavy (non-hydrogen) atoms. The Bertz CT molecular complexity index is 563. The first kappa shape index (κ1) is 13.1. The molecule has 0 unspecified atom stereocenters. The standard InChI is InChI=1S/C14H17N3O2/c1-2-17-9-8-16-14(17)15-7-6-11-4-3-5-12(10-11)13(18)19/h3-5,8-10H,2,6-7H2,1H3,(H,15,16)(H,18,19). The molecule has 1 aromatic carbocycles. The molecule has 5 heteroatoms. The van der Waals surface area contributed by atoms with Gasteiger partial charge in [0.1, 0.15) is 0 Å². The van der Waals surface area contributed by atoms with Crippen molar-refractivity contribution in [1.82, 2.24) is 9.55 Å². The van der Waals surface area contributed by atoms with E-state index in [2.05, 4.69) is 17.2 Å². The van der Waals surface area contributed by atoms with Gasteiger partial charge >= 0.3 is 5.97 Å². The van der Waals surface area contributed by atoms with Gasteiger partial charge in [-0.25, -0.2) is 9.78 Å². The molecule has 1 aromatic heterocycles. The van der Waals surface area contributed by atoms with Crippen molar-refractivity contribution in [2.45, 2.75) is 19.9 Å². The summed E-state index contributed by atoms with van der Waals surface area (Å²) in [5, 5.41) is 12.2. The maximum absolute atomic E-state index is 10.9. The molecule has 5 nitrogen and oxygen atoms in total. The Hall–Kier alpha value is -2.30. The molecule has 0 radical (unpaired) electrons. The predicted molar refractivity (Wildman–Crippen MR) is 73.5 cm³/mol. The van der Waals surface area contributed by atoms with Crippen LogP contribution >= 0.6 is 0 Å². The first-order chi connectivity index (χ1) is 9.20. The number of carbonyl (C=O) groups is 1. The van der Waals surface area contributed by atoms with Crippen LogP contribution in [0.4, 0.5) is 5.95 Å². The van der Waals surface area contributed by atoms with Gasteiger partial charge in [0, 0.05) is 25.5 Å². The number of aromatic carboxylic acids is 1. The molecule has 0 saturated heterocycles. The number of aromatic nitrogens is 2. The second kappa shape index (κ2) is 6.04.